The second-order valence-corrected chi connectivity index (χ2v) is 4.57. The van der Waals surface area contributed by atoms with Crippen LogP contribution in [0.1, 0.15) is 26.7 Å². The number of anilines is 2. The first-order valence-electron chi connectivity index (χ1n) is 5.39. The molecule has 1 aromatic rings. The number of rotatable bonds is 5. The molecule has 0 aliphatic carbocycles. The molecule has 2 nitrogen and oxygen atoms in total. The summed E-state index contributed by atoms with van der Waals surface area (Å²) in [6.45, 7) is 5.37. The highest BCUT2D eigenvalue weighted by Crippen LogP contribution is 2.27. The topological polar surface area (TPSA) is 38.0 Å². The number of nitrogen functional groups attached to an aromatic ring is 1. The summed E-state index contributed by atoms with van der Waals surface area (Å²) in [6.07, 6.45) is 2.36. The molecular weight excluding hydrogens is 208 g/mol. The van der Waals surface area contributed by atoms with Crippen LogP contribution in [0.2, 0.25) is 5.02 Å². The van der Waals surface area contributed by atoms with Crippen LogP contribution in [0.4, 0.5) is 11.4 Å². The highest BCUT2D eigenvalue weighted by Gasteiger charge is 2.02. The van der Waals surface area contributed by atoms with Gasteiger partial charge in [-0.2, -0.15) is 0 Å². The third-order valence-corrected chi connectivity index (χ3v) is 2.62. The molecular formula is C12H19ClN2. The van der Waals surface area contributed by atoms with Crippen molar-refractivity contribution in [1.82, 2.24) is 0 Å². The SMILES string of the molecule is CC(C)CCCNc1c(N)cccc1Cl. The van der Waals surface area contributed by atoms with Gasteiger partial charge in [0.05, 0.1) is 16.4 Å². The van der Waals surface area contributed by atoms with Crippen LogP contribution >= 0.6 is 11.6 Å². The summed E-state index contributed by atoms with van der Waals surface area (Å²) in [7, 11) is 0. The van der Waals surface area contributed by atoms with E-state index in [0.717, 1.165) is 24.6 Å². The average molecular weight is 227 g/mol. The van der Waals surface area contributed by atoms with Gasteiger partial charge in [-0.3, -0.25) is 0 Å². The quantitative estimate of drug-likeness (QED) is 0.593. The molecule has 3 heteroatoms. The Hall–Kier alpha value is -0.890. The van der Waals surface area contributed by atoms with E-state index in [1.54, 1.807) is 0 Å². The van der Waals surface area contributed by atoms with E-state index < -0.39 is 0 Å². The van der Waals surface area contributed by atoms with E-state index in [-0.39, 0.29) is 0 Å². The van der Waals surface area contributed by atoms with E-state index in [0.29, 0.717) is 10.7 Å². The minimum atomic E-state index is 0.694. The van der Waals surface area contributed by atoms with E-state index >= 15 is 0 Å². The molecule has 0 radical (unpaired) electrons. The molecule has 0 unspecified atom stereocenters. The number of para-hydroxylation sites is 1. The minimum Gasteiger partial charge on any atom is -0.397 e. The van der Waals surface area contributed by atoms with Gasteiger partial charge in [0.2, 0.25) is 0 Å². The Bertz CT molecular complexity index is 290. The van der Waals surface area contributed by atoms with Gasteiger partial charge in [0.1, 0.15) is 0 Å². The molecule has 15 heavy (non-hydrogen) atoms. The van der Waals surface area contributed by atoms with Crippen LogP contribution in [0.15, 0.2) is 18.2 Å². The first kappa shape index (κ1) is 12.2. The summed E-state index contributed by atoms with van der Waals surface area (Å²) < 4.78 is 0. The molecule has 3 N–H and O–H groups in total. The molecule has 0 saturated heterocycles. The van der Waals surface area contributed by atoms with Gasteiger partial charge in [-0.1, -0.05) is 31.5 Å². The van der Waals surface area contributed by atoms with Gasteiger partial charge < -0.3 is 11.1 Å². The van der Waals surface area contributed by atoms with Crippen LogP contribution in [0.3, 0.4) is 0 Å². The van der Waals surface area contributed by atoms with E-state index in [1.807, 2.05) is 18.2 Å². The lowest BCUT2D eigenvalue weighted by Crippen LogP contribution is -2.05. The number of nitrogens with two attached hydrogens (primary N) is 1. The maximum Gasteiger partial charge on any atom is 0.0763 e. The Morgan fingerprint density at radius 2 is 2.13 bits per heavy atom. The molecule has 0 fully saturated rings. The highest BCUT2D eigenvalue weighted by atomic mass is 35.5. The standard InChI is InChI=1S/C12H19ClN2/c1-9(2)5-4-8-15-12-10(13)6-3-7-11(12)14/h3,6-7,9,15H,4-5,8,14H2,1-2H3. The van der Waals surface area contributed by atoms with Gasteiger partial charge in [-0.25, -0.2) is 0 Å². The van der Waals surface area contributed by atoms with Crippen molar-refractivity contribution in [2.45, 2.75) is 26.7 Å². The molecule has 1 rings (SSSR count). The third kappa shape index (κ3) is 4.00. The van der Waals surface area contributed by atoms with Gasteiger partial charge in [0.15, 0.2) is 0 Å². The monoisotopic (exact) mass is 226 g/mol. The Morgan fingerprint density at radius 3 is 2.73 bits per heavy atom. The number of hydrogen-bond donors (Lipinski definition) is 2. The van der Waals surface area contributed by atoms with Crippen molar-refractivity contribution in [2.24, 2.45) is 5.92 Å². The van der Waals surface area contributed by atoms with E-state index in [9.17, 15) is 0 Å². The summed E-state index contributed by atoms with van der Waals surface area (Å²) in [6, 6.07) is 5.57. The van der Waals surface area contributed by atoms with Gasteiger partial charge in [0.25, 0.3) is 0 Å². The first-order chi connectivity index (χ1) is 7.11. The predicted octanol–water partition coefficient (Wildman–Crippen LogP) is 3.77. The van der Waals surface area contributed by atoms with Crippen molar-refractivity contribution < 1.29 is 0 Å². The fourth-order valence-corrected chi connectivity index (χ4v) is 1.70. The largest absolute Gasteiger partial charge is 0.397 e. The molecule has 0 spiro atoms. The molecule has 0 atom stereocenters. The van der Waals surface area contributed by atoms with Crippen LogP contribution in [0, 0.1) is 5.92 Å². The fraction of sp³-hybridized carbons (Fsp3) is 0.500. The fourth-order valence-electron chi connectivity index (χ4n) is 1.45. The Balaban J connectivity index is 2.43. The molecule has 0 bridgehead atoms. The zero-order valence-corrected chi connectivity index (χ0v) is 10.1. The average Bonchev–Trinajstić information content (AvgIpc) is 2.15. The van der Waals surface area contributed by atoms with Crippen LogP contribution in [0.5, 0.6) is 0 Å². The summed E-state index contributed by atoms with van der Waals surface area (Å²) in [4.78, 5) is 0. The summed E-state index contributed by atoms with van der Waals surface area (Å²) in [5.74, 6) is 0.746. The zero-order chi connectivity index (χ0) is 11.3. The van der Waals surface area contributed by atoms with Crippen molar-refractivity contribution in [3.05, 3.63) is 23.2 Å². The molecule has 0 aliphatic heterocycles. The Kier molecular flexibility index (Phi) is 4.76. The van der Waals surface area contributed by atoms with Crippen molar-refractivity contribution in [2.75, 3.05) is 17.6 Å². The summed E-state index contributed by atoms with van der Waals surface area (Å²) >= 11 is 6.03. The van der Waals surface area contributed by atoms with E-state index in [2.05, 4.69) is 19.2 Å². The minimum absolute atomic E-state index is 0.694. The zero-order valence-electron chi connectivity index (χ0n) is 9.39. The molecule has 84 valence electrons. The third-order valence-electron chi connectivity index (χ3n) is 2.31. The van der Waals surface area contributed by atoms with E-state index in [1.165, 1.54) is 6.42 Å². The van der Waals surface area contributed by atoms with Crippen molar-refractivity contribution in [3.8, 4) is 0 Å². The molecule has 0 saturated carbocycles. The molecule has 0 aliphatic rings. The van der Waals surface area contributed by atoms with E-state index in [4.69, 9.17) is 17.3 Å². The number of nitrogens with one attached hydrogen (secondary N) is 1. The van der Waals surface area contributed by atoms with Gasteiger partial charge >= 0.3 is 0 Å². The Labute approximate surface area is 96.8 Å². The number of hydrogen-bond acceptors (Lipinski definition) is 2. The normalized spacial score (nSPS) is 10.7. The van der Waals surface area contributed by atoms with Crippen molar-refractivity contribution >= 4 is 23.0 Å². The summed E-state index contributed by atoms with van der Waals surface area (Å²) in [5, 5.41) is 3.97. The molecule has 1 aromatic carbocycles. The van der Waals surface area contributed by atoms with Crippen LogP contribution in [-0.4, -0.2) is 6.54 Å². The second kappa shape index (κ2) is 5.86. The highest BCUT2D eigenvalue weighted by molar-refractivity contribution is 6.33. The predicted molar refractivity (Wildman–Crippen MR) is 68.4 cm³/mol. The maximum atomic E-state index is 6.03. The van der Waals surface area contributed by atoms with Gasteiger partial charge in [0, 0.05) is 6.54 Å². The van der Waals surface area contributed by atoms with Crippen LogP contribution < -0.4 is 11.1 Å². The van der Waals surface area contributed by atoms with Gasteiger partial charge in [-0.15, -0.1) is 0 Å². The summed E-state index contributed by atoms with van der Waals surface area (Å²) in [5.41, 5.74) is 7.40. The lowest BCUT2D eigenvalue weighted by molar-refractivity contribution is 0.567. The molecule has 0 amide bonds. The first-order valence-corrected chi connectivity index (χ1v) is 5.77. The smallest absolute Gasteiger partial charge is 0.0763 e. The number of halogens is 1. The van der Waals surface area contributed by atoms with Crippen molar-refractivity contribution in [1.29, 1.82) is 0 Å². The lowest BCUT2D eigenvalue weighted by atomic mass is 10.1. The molecule has 0 aromatic heterocycles. The van der Waals surface area contributed by atoms with Crippen LogP contribution in [0.25, 0.3) is 0 Å². The number of benzene rings is 1. The van der Waals surface area contributed by atoms with Crippen LogP contribution in [-0.2, 0) is 0 Å². The van der Waals surface area contributed by atoms with Crippen molar-refractivity contribution in [3.63, 3.8) is 0 Å². The van der Waals surface area contributed by atoms with Gasteiger partial charge in [-0.05, 0) is 30.9 Å². The molecule has 0 heterocycles. The Morgan fingerprint density at radius 1 is 1.40 bits per heavy atom. The lowest BCUT2D eigenvalue weighted by Gasteiger charge is -2.11. The maximum absolute atomic E-state index is 6.03. The second-order valence-electron chi connectivity index (χ2n) is 4.17.